The number of carbonyl (C=O) groups is 2. The second-order valence-corrected chi connectivity index (χ2v) is 10.8. The summed E-state index contributed by atoms with van der Waals surface area (Å²) in [5.41, 5.74) is 3.96. The molecule has 0 aliphatic heterocycles. The summed E-state index contributed by atoms with van der Waals surface area (Å²) in [5, 5.41) is 78.0. The highest BCUT2D eigenvalue weighted by molar-refractivity contribution is 6.27. The molecule has 12 heteroatoms. The van der Waals surface area contributed by atoms with E-state index in [0.717, 1.165) is 49.9 Å². The summed E-state index contributed by atoms with van der Waals surface area (Å²) >= 11 is 0. The summed E-state index contributed by atoms with van der Waals surface area (Å²) in [6.07, 6.45) is 2.66. The lowest BCUT2D eigenvalue weighted by Gasteiger charge is -2.12. The van der Waals surface area contributed by atoms with Gasteiger partial charge in [-0.25, -0.2) is 9.59 Å². The summed E-state index contributed by atoms with van der Waals surface area (Å²) in [6.45, 7) is 2.60. The molecular weight excluding hydrogens is 620 g/mol. The zero-order valence-corrected chi connectivity index (χ0v) is 26.4. The number of aromatic hydroxyl groups is 4. The summed E-state index contributed by atoms with van der Waals surface area (Å²) in [7, 11) is 0. The SMILES string of the molecule is O=C(O)C(=O)O.Oc1ccc(CCCNC[C@H](O)c2ccc(O)cc2)cc1.Oc1ccc(CCCNC[C@H](O)c2ccc(O)cc2)cc1. The topological polar surface area (TPSA) is 220 Å². The van der Waals surface area contributed by atoms with Crippen molar-refractivity contribution >= 4 is 11.9 Å². The van der Waals surface area contributed by atoms with Gasteiger partial charge in [0.05, 0.1) is 12.2 Å². The number of aliphatic hydroxyl groups is 2. The van der Waals surface area contributed by atoms with Crippen LogP contribution in [0.4, 0.5) is 0 Å². The minimum atomic E-state index is -1.82. The van der Waals surface area contributed by atoms with E-state index in [0.29, 0.717) is 13.1 Å². The van der Waals surface area contributed by atoms with Gasteiger partial charge in [0.1, 0.15) is 23.0 Å². The van der Waals surface area contributed by atoms with Gasteiger partial charge >= 0.3 is 11.9 Å². The standard InChI is InChI=1S/2C17H21NO3.C2H2O4/c2*19-15-7-3-13(4-8-15)2-1-11-18-12-17(21)14-5-9-16(20)10-6-14;3-1(4)2(5)6/h2*3-10,17-21H,1-2,11-12H2;(H,3,4)(H,5,6)/t2*17-;/m00./s1. The number of carboxylic acid groups (broad SMARTS) is 2. The van der Waals surface area contributed by atoms with Gasteiger partial charge in [0, 0.05) is 13.1 Å². The minimum Gasteiger partial charge on any atom is -0.508 e. The van der Waals surface area contributed by atoms with Crippen LogP contribution in [-0.2, 0) is 22.4 Å². The van der Waals surface area contributed by atoms with Crippen molar-refractivity contribution in [2.75, 3.05) is 26.2 Å². The van der Waals surface area contributed by atoms with Gasteiger partial charge in [0.2, 0.25) is 0 Å². The Labute approximate surface area is 279 Å². The Bertz CT molecular complexity index is 1360. The van der Waals surface area contributed by atoms with Gasteiger partial charge in [-0.1, -0.05) is 48.5 Å². The lowest BCUT2D eigenvalue weighted by molar-refractivity contribution is -0.159. The number of rotatable bonds is 14. The predicted octanol–water partition coefficient (Wildman–Crippen LogP) is 3.86. The molecule has 0 spiro atoms. The van der Waals surface area contributed by atoms with Crippen LogP contribution in [0.2, 0.25) is 0 Å². The molecule has 0 amide bonds. The largest absolute Gasteiger partial charge is 0.508 e. The van der Waals surface area contributed by atoms with Crippen molar-refractivity contribution in [3.63, 3.8) is 0 Å². The van der Waals surface area contributed by atoms with Crippen molar-refractivity contribution in [2.24, 2.45) is 0 Å². The first-order valence-electron chi connectivity index (χ1n) is 15.3. The maximum atomic E-state index is 9.99. The van der Waals surface area contributed by atoms with Crippen LogP contribution in [0, 0.1) is 0 Å². The number of hydrogen-bond acceptors (Lipinski definition) is 10. The zero-order valence-electron chi connectivity index (χ0n) is 26.4. The number of phenolic OH excluding ortho intramolecular Hbond substituents is 4. The van der Waals surface area contributed by atoms with Crippen molar-refractivity contribution in [1.29, 1.82) is 0 Å². The van der Waals surface area contributed by atoms with Crippen molar-refractivity contribution in [2.45, 2.75) is 37.9 Å². The van der Waals surface area contributed by atoms with Crippen LogP contribution in [0.15, 0.2) is 97.1 Å². The fourth-order valence-corrected chi connectivity index (χ4v) is 4.27. The Balaban J connectivity index is 0.000000286. The highest BCUT2D eigenvalue weighted by Gasteiger charge is 2.08. The monoisotopic (exact) mass is 664 g/mol. The van der Waals surface area contributed by atoms with Gasteiger partial charge in [0.15, 0.2) is 0 Å². The van der Waals surface area contributed by atoms with Crippen LogP contribution in [-0.4, -0.2) is 79.0 Å². The summed E-state index contributed by atoms with van der Waals surface area (Å²) < 4.78 is 0. The molecule has 4 rings (SSSR count). The fraction of sp³-hybridized carbons (Fsp3) is 0.278. The van der Waals surface area contributed by atoms with E-state index in [4.69, 9.17) is 19.8 Å². The predicted molar refractivity (Wildman–Crippen MR) is 180 cm³/mol. The summed E-state index contributed by atoms with van der Waals surface area (Å²) in [6, 6.07) is 27.6. The van der Waals surface area contributed by atoms with Crippen molar-refractivity contribution in [3.05, 3.63) is 119 Å². The molecule has 0 saturated carbocycles. The molecule has 10 N–H and O–H groups in total. The van der Waals surface area contributed by atoms with E-state index in [2.05, 4.69) is 10.6 Å². The highest BCUT2D eigenvalue weighted by atomic mass is 16.4. The van der Waals surface area contributed by atoms with Gasteiger partial charge in [-0.05, 0) is 110 Å². The second kappa shape index (κ2) is 21.6. The molecule has 0 heterocycles. The van der Waals surface area contributed by atoms with E-state index in [1.165, 1.54) is 11.1 Å². The third kappa shape index (κ3) is 16.4. The van der Waals surface area contributed by atoms with Crippen LogP contribution < -0.4 is 10.6 Å². The fourth-order valence-electron chi connectivity index (χ4n) is 4.27. The van der Waals surface area contributed by atoms with Crippen molar-refractivity contribution in [3.8, 4) is 23.0 Å². The van der Waals surface area contributed by atoms with Gasteiger partial charge in [-0.2, -0.15) is 0 Å². The number of carboxylic acids is 2. The quantitative estimate of drug-likeness (QED) is 0.0686. The molecule has 0 aliphatic rings. The lowest BCUT2D eigenvalue weighted by Crippen LogP contribution is -2.22. The number of hydrogen-bond donors (Lipinski definition) is 10. The number of aliphatic carboxylic acids is 2. The smallest absolute Gasteiger partial charge is 0.414 e. The molecule has 0 unspecified atom stereocenters. The van der Waals surface area contributed by atoms with E-state index < -0.39 is 24.1 Å². The van der Waals surface area contributed by atoms with Crippen LogP contribution in [0.1, 0.15) is 47.3 Å². The molecule has 0 bridgehead atoms. The third-order valence-corrected chi connectivity index (χ3v) is 6.92. The first-order valence-corrected chi connectivity index (χ1v) is 15.3. The number of nitrogens with one attached hydrogen (secondary N) is 2. The number of aliphatic hydroxyl groups excluding tert-OH is 2. The number of aryl methyl sites for hydroxylation is 2. The Kier molecular flexibility index (Phi) is 17.6. The Morgan fingerprint density at radius 1 is 0.479 bits per heavy atom. The van der Waals surface area contributed by atoms with Crippen molar-refractivity contribution < 1.29 is 50.4 Å². The van der Waals surface area contributed by atoms with Gasteiger partial charge < -0.3 is 51.5 Å². The molecular formula is C36H44N2O10. The zero-order chi connectivity index (χ0) is 35.3. The number of benzene rings is 4. The maximum Gasteiger partial charge on any atom is 0.414 e. The molecule has 48 heavy (non-hydrogen) atoms. The van der Waals surface area contributed by atoms with E-state index in [-0.39, 0.29) is 23.0 Å². The minimum absolute atomic E-state index is 0.202. The van der Waals surface area contributed by atoms with E-state index >= 15 is 0 Å². The summed E-state index contributed by atoms with van der Waals surface area (Å²) in [5.74, 6) is -2.67. The van der Waals surface area contributed by atoms with Gasteiger partial charge in [-0.15, -0.1) is 0 Å². The van der Waals surface area contributed by atoms with Gasteiger partial charge in [-0.3, -0.25) is 0 Å². The first kappa shape index (κ1) is 39.0. The van der Waals surface area contributed by atoms with Crippen molar-refractivity contribution in [1.82, 2.24) is 10.6 Å². The average molecular weight is 665 g/mol. The Morgan fingerprint density at radius 3 is 1.02 bits per heavy atom. The first-order chi connectivity index (χ1) is 22.9. The highest BCUT2D eigenvalue weighted by Crippen LogP contribution is 2.17. The molecule has 0 saturated heterocycles. The normalized spacial score (nSPS) is 11.6. The molecule has 12 nitrogen and oxygen atoms in total. The maximum absolute atomic E-state index is 9.99. The van der Waals surface area contributed by atoms with E-state index in [1.807, 2.05) is 24.3 Å². The average Bonchev–Trinajstić information content (AvgIpc) is 3.07. The van der Waals surface area contributed by atoms with Gasteiger partial charge in [0.25, 0.3) is 0 Å². The Hall–Kier alpha value is -5.14. The summed E-state index contributed by atoms with van der Waals surface area (Å²) in [4.78, 5) is 18.2. The molecule has 4 aromatic rings. The lowest BCUT2D eigenvalue weighted by atomic mass is 10.1. The molecule has 258 valence electrons. The molecule has 0 aliphatic carbocycles. The van der Waals surface area contributed by atoms with Crippen LogP contribution >= 0.6 is 0 Å². The molecule has 2 atom stereocenters. The molecule has 0 radical (unpaired) electrons. The van der Waals surface area contributed by atoms with Crippen LogP contribution in [0.5, 0.6) is 23.0 Å². The molecule has 0 aromatic heterocycles. The Morgan fingerprint density at radius 2 is 0.750 bits per heavy atom. The van der Waals surface area contributed by atoms with Crippen LogP contribution in [0.25, 0.3) is 0 Å². The number of phenols is 4. The van der Waals surface area contributed by atoms with Crippen LogP contribution in [0.3, 0.4) is 0 Å². The molecule has 0 fully saturated rings. The second-order valence-electron chi connectivity index (χ2n) is 10.8. The van der Waals surface area contributed by atoms with E-state index in [1.54, 1.807) is 72.8 Å². The van der Waals surface area contributed by atoms with E-state index in [9.17, 15) is 30.6 Å². The third-order valence-electron chi connectivity index (χ3n) is 6.92. The molecule has 4 aromatic carbocycles.